The molecule has 0 bridgehead atoms. The van der Waals surface area contributed by atoms with Gasteiger partial charge in [0.1, 0.15) is 0 Å². The molecule has 7 heteroatoms. The second-order valence-corrected chi connectivity index (χ2v) is 3.41. The lowest BCUT2D eigenvalue weighted by Gasteiger charge is -2.23. The SMILES string of the molecule is CC(CN)N(C)c1ccc2nnnn2n1. The van der Waals surface area contributed by atoms with Crippen LogP contribution in [0.25, 0.3) is 5.65 Å². The first kappa shape index (κ1) is 9.78. The average molecular weight is 207 g/mol. The molecule has 15 heavy (non-hydrogen) atoms. The van der Waals surface area contributed by atoms with Crippen LogP contribution in [0.4, 0.5) is 5.82 Å². The lowest BCUT2D eigenvalue weighted by atomic mass is 10.3. The summed E-state index contributed by atoms with van der Waals surface area (Å²) in [6.45, 7) is 2.61. The number of nitrogens with zero attached hydrogens (tertiary/aromatic N) is 6. The molecule has 2 aromatic rings. The second-order valence-electron chi connectivity index (χ2n) is 3.41. The van der Waals surface area contributed by atoms with Gasteiger partial charge in [-0.3, -0.25) is 0 Å². The summed E-state index contributed by atoms with van der Waals surface area (Å²) in [5.41, 5.74) is 6.22. The quantitative estimate of drug-likeness (QED) is 0.716. The van der Waals surface area contributed by atoms with Crippen LogP contribution in [0.5, 0.6) is 0 Å². The van der Waals surface area contributed by atoms with Crippen LogP contribution in [0.1, 0.15) is 6.92 Å². The molecule has 0 spiro atoms. The number of nitrogens with two attached hydrogens (primary N) is 1. The first-order chi connectivity index (χ1) is 7.22. The summed E-state index contributed by atoms with van der Waals surface area (Å²) in [6.07, 6.45) is 0. The third-order valence-corrected chi connectivity index (χ3v) is 2.42. The van der Waals surface area contributed by atoms with Crippen molar-refractivity contribution in [3.63, 3.8) is 0 Å². The van der Waals surface area contributed by atoms with Crippen LogP contribution in [0.15, 0.2) is 12.1 Å². The fraction of sp³-hybridized carbons (Fsp3) is 0.500. The summed E-state index contributed by atoms with van der Waals surface area (Å²) in [7, 11) is 1.94. The molecule has 7 nitrogen and oxygen atoms in total. The van der Waals surface area contributed by atoms with E-state index in [0.717, 1.165) is 5.82 Å². The molecular formula is C8H13N7. The second kappa shape index (κ2) is 3.77. The Labute approximate surface area is 86.9 Å². The summed E-state index contributed by atoms with van der Waals surface area (Å²) < 4.78 is 1.40. The lowest BCUT2D eigenvalue weighted by molar-refractivity contribution is 0.662. The summed E-state index contributed by atoms with van der Waals surface area (Å²) >= 11 is 0. The van der Waals surface area contributed by atoms with Crippen molar-refractivity contribution in [2.24, 2.45) is 5.73 Å². The van der Waals surface area contributed by atoms with Crippen molar-refractivity contribution < 1.29 is 0 Å². The highest BCUT2D eigenvalue weighted by molar-refractivity contribution is 5.44. The van der Waals surface area contributed by atoms with Crippen molar-refractivity contribution in [2.75, 3.05) is 18.5 Å². The Balaban J connectivity index is 2.35. The van der Waals surface area contributed by atoms with Crippen LogP contribution < -0.4 is 10.6 Å². The van der Waals surface area contributed by atoms with Gasteiger partial charge in [-0.2, -0.15) is 0 Å². The molecule has 1 atom stereocenters. The molecule has 0 fully saturated rings. The predicted octanol–water partition coefficient (Wildman–Crippen LogP) is -0.697. The zero-order valence-corrected chi connectivity index (χ0v) is 8.70. The van der Waals surface area contributed by atoms with E-state index in [9.17, 15) is 0 Å². The van der Waals surface area contributed by atoms with E-state index in [0.29, 0.717) is 12.2 Å². The van der Waals surface area contributed by atoms with Crippen LogP contribution >= 0.6 is 0 Å². The van der Waals surface area contributed by atoms with E-state index in [1.165, 1.54) is 4.63 Å². The van der Waals surface area contributed by atoms with Crippen molar-refractivity contribution in [2.45, 2.75) is 13.0 Å². The van der Waals surface area contributed by atoms with E-state index in [2.05, 4.69) is 20.6 Å². The predicted molar refractivity (Wildman–Crippen MR) is 55.5 cm³/mol. The minimum atomic E-state index is 0.228. The maximum absolute atomic E-state index is 5.59. The molecule has 0 saturated carbocycles. The number of hydrogen-bond donors (Lipinski definition) is 1. The maximum Gasteiger partial charge on any atom is 0.200 e. The summed E-state index contributed by atoms with van der Waals surface area (Å²) in [5, 5.41) is 15.3. The fourth-order valence-electron chi connectivity index (χ4n) is 1.21. The molecular weight excluding hydrogens is 194 g/mol. The smallest absolute Gasteiger partial charge is 0.200 e. The number of likely N-dealkylation sites (N-methyl/N-ethyl adjacent to an activating group) is 1. The Morgan fingerprint density at radius 2 is 2.33 bits per heavy atom. The topological polar surface area (TPSA) is 85.2 Å². The Morgan fingerprint density at radius 1 is 1.53 bits per heavy atom. The van der Waals surface area contributed by atoms with E-state index < -0.39 is 0 Å². The Bertz CT molecular complexity index is 451. The van der Waals surface area contributed by atoms with Crippen LogP contribution in [0.2, 0.25) is 0 Å². The molecule has 0 aromatic carbocycles. The van der Waals surface area contributed by atoms with Crippen LogP contribution in [0.3, 0.4) is 0 Å². The van der Waals surface area contributed by atoms with Gasteiger partial charge in [0, 0.05) is 19.6 Å². The maximum atomic E-state index is 5.59. The minimum Gasteiger partial charge on any atom is -0.354 e. The number of tetrazole rings is 1. The third-order valence-electron chi connectivity index (χ3n) is 2.42. The van der Waals surface area contributed by atoms with Crippen molar-refractivity contribution in [1.82, 2.24) is 25.3 Å². The van der Waals surface area contributed by atoms with Gasteiger partial charge in [-0.05, 0) is 29.5 Å². The first-order valence-electron chi connectivity index (χ1n) is 4.70. The average Bonchev–Trinajstić information content (AvgIpc) is 2.73. The van der Waals surface area contributed by atoms with Crippen LogP contribution in [0, 0.1) is 0 Å². The Morgan fingerprint density at radius 3 is 3.07 bits per heavy atom. The molecule has 1 unspecified atom stereocenters. The van der Waals surface area contributed by atoms with Crippen molar-refractivity contribution >= 4 is 11.5 Å². The molecule has 2 heterocycles. The van der Waals surface area contributed by atoms with Crippen LogP contribution in [-0.4, -0.2) is 44.9 Å². The van der Waals surface area contributed by atoms with Crippen molar-refractivity contribution in [3.8, 4) is 0 Å². The third kappa shape index (κ3) is 1.73. The highest BCUT2D eigenvalue weighted by Crippen LogP contribution is 2.10. The van der Waals surface area contributed by atoms with Gasteiger partial charge in [0.2, 0.25) is 0 Å². The van der Waals surface area contributed by atoms with Gasteiger partial charge in [0.15, 0.2) is 11.5 Å². The highest BCUT2D eigenvalue weighted by atomic mass is 15.6. The fourth-order valence-corrected chi connectivity index (χ4v) is 1.21. The molecule has 0 aliphatic rings. The molecule has 0 aliphatic heterocycles. The number of hydrogen-bond acceptors (Lipinski definition) is 6. The Kier molecular flexibility index (Phi) is 2.46. The summed E-state index contributed by atoms with van der Waals surface area (Å²) in [6, 6.07) is 3.92. The van der Waals surface area contributed by atoms with Gasteiger partial charge in [-0.15, -0.1) is 14.8 Å². The largest absolute Gasteiger partial charge is 0.354 e. The zero-order valence-electron chi connectivity index (χ0n) is 8.70. The Hall–Kier alpha value is -1.76. The van der Waals surface area contributed by atoms with E-state index >= 15 is 0 Å². The van der Waals surface area contributed by atoms with Gasteiger partial charge in [-0.25, -0.2) is 0 Å². The molecule has 2 rings (SSSR count). The molecule has 80 valence electrons. The van der Waals surface area contributed by atoms with E-state index in [-0.39, 0.29) is 6.04 Å². The molecule has 2 N–H and O–H groups in total. The van der Waals surface area contributed by atoms with E-state index in [1.54, 1.807) is 0 Å². The normalized spacial score (nSPS) is 13.0. The van der Waals surface area contributed by atoms with Gasteiger partial charge in [0.25, 0.3) is 0 Å². The number of anilines is 1. The zero-order chi connectivity index (χ0) is 10.8. The standard InChI is InChI=1S/C8H13N7/c1-6(5-9)14(2)8-4-3-7-10-12-13-15(7)11-8/h3-4,6H,5,9H2,1-2H3. The highest BCUT2D eigenvalue weighted by Gasteiger charge is 2.10. The van der Waals surface area contributed by atoms with Crippen molar-refractivity contribution in [3.05, 3.63) is 12.1 Å². The number of rotatable bonds is 3. The van der Waals surface area contributed by atoms with Gasteiger partial charge < -0.3 is 10.6 Å². The van der Waals surface area contributed by atoms with Gasteiger partial charge >= 0.3 is 0 Å². The molecule has 0 amide bonds. The number of aromatic nitrogens is 5. The molecule has 0 radical (unpaired) electrons. The molecule has 0 aliphatic carbocycles. The lowest BCUT2D eigenvalue weighted by Crippen LogP contribution is -2.36. The minimum absolute atomic E-state index is 0.228. The van der Waals surface area contributed by atoms with Crippen LogP contribution in [-0.2, 0) is 0 Å². The summed E-state index contributed by atoms with van der Waals surface area (Å²) in [4.78, 5) is 1.99. The van der Waals surface area contributed by atoms with Gasteiger partial charge in [0.05, 0.1) is 0 Å². The molecule has 2 aromatic heterocycles. The monoisotopic (exact) mass is 207 g/mol. The van der Waals surface area contributed by atoms with Gasteiger partial charge in [-0.1, -0.05) is 0 Å². The van der Waals surface area contributed by atoms with Crippen molar-refractivity contribution in [1.29, 1.82) is 0 Å². The first-order valence-corrected chi connectivity index (χ1v) is 4.70. The van der Waals surface area contributed by atoms with E-state index in [4.69, 9.17) is 5.73 Å². The molecule has 0 saturated heterocycles. The van der Waals surface area contributed by atoms with E-state index in [1.807, 2.05) is 31.0 Å². The summed E-state index contributed by atoms with van der Waals surface area (Å²) in [5.74, 6) is 0.799. The number of fused-ring (bicyclic) bond motifs is 1.